The molecule has 102 valence electrons. The van der Waals surface area contributed by atoms with Crippen LogP contribution in [-0.2, 0) is 4.74 Å². The van der Waals surface area contributed by atoms with Gasteiger partial charge in [-0.25, -0.2) is 9.97 Å². The van der Waals surface area contributed by atoms with Crippen LogP contribution in [0.15, 0.2) is 12.3 Å². The van der Waals surface area contributed by atoms with Gasteiger partial charge in [0.05, 0.1) is 6.10 Å². The molecule has 2 fully saturated rings. The van der Waals surface area contributed by atoms with Gasteiger partial charge in [-0.2, -0.15) is 0 Å². The number of rotatable bonds is 2. The second-order valence-corrected chi connectivity index (χ2v) is 5.55. The summed E-state index contributed by atoms with van der Waals surface area (Å²) < 4.78 is 5.42. The zero-order chi connectivity index (χ0) is 13.4. The lowest BCUT2D eigenvalue weighted by atomic mass is 10.0. The molecular formula is C14H19N3O2. The maximum atomic E-state index is 12.4. The molecule has 2 heterocycles. The van der Waals surface area contributed by atoms with Gasteiger partial charge in [0.2, 0.25) is 0 Å². The molecule has 1 amide bonds. The largest absolute Gasteiger partial charge is 0.381 e. The molecule has 19 heavy (non-hydrogen) atoms. The molecule has 0 radical (unpaired) electrons. The lowest BCUT2D eigenvalue weighted by Gasteiger charge is -2.18. The molecule has 2 aliphatic rings. The maximum Gasteiger partial charge on any atom is 0.272 e. The van der Waals surface area contributed by atoms with Crippen molar-refractivity contribution in [2.24, 2.45) is 11.8 Å². The SMILES string of the molecule is COC1C[C@@H]2CN(C(=O)c3ccnc(C)n3)C[C@@H]2C1. The first kappa shape index (κ1) is 12.5. The molecule has 3 atom stereocenters. The second kappa shape index (κ2) is 4.89. The first-order valence-electron chi connectivity index (χ1n) is 6.79. The Kier molecular flexibility index (Phi) is 3.22. The summed E-state index contributed by atoms with van der Waals surface area (Å²) in [5, 5.41) is 0. The fraction of sp³-hybridized carbons (Fsp3) is 0.643. The molecule has 1 saturated heterocycles. The molecular weight excluding hydrogens is 242 g/mol. The van der Waals surface area contributed by atoms with Gasteiger partial charge in [-0.15, -0.1) is 0 Å². The number of likely N-dealkylation sites (tertiary alicyclic amines) is 1. The Bertz CT molecular complexity index is 477. The fourth-order valence-corrected chi connectivity index (χ4v) is 3.34. The minimum Gasteiger partial charge on any atom is -0.381 e. The Morgan fingerprint density at radius 3 is 2.63 bits per heavy atom. The van der Waals surface area contributed by atoms with Gasteiger partial charge in [0.1, 0.15) is 11.5 Å². The van der Waals surface area contributed by atoms with E-state index in [9.17, 15) is 4.79 Å². The highest BCUT2D eigenvalue weighted by Gasteiger charge is 2.42. The van der Waals surface area contributed by atoms with Gasteiger partial charge in [-0.1, -0.05) is 0 Å². The molecule has 0 N–H and O–H groups in total. The number of amides is 1. The van der Waals surface area contributed by atoms with Crippen LogP contribution in [0.3, 0.4) is 0 Å². The Morgan fingerprint density at radius 1 is 1.37 bits per heavy atom. The van der Waals surface area contributed by atoms with E-state index in [2.05, 4.69) is 9.97 Å². The van der Waals surface area contributed by atoms with Gasteiger partial charge in [0.15, 0.2) is 0 Å². The quantitative estimate of drug-likeness (QED) is 0.805. The van der Waals surface area contributed by atoms with Gasteiger partial charge in [-0.3, -0.25) is 4.79 Å². The monoisotopic (exact) mass is 261 g/mol. The molecule has 3 rings (SSSR count). The molecule has 1 aromatic heterocycles. The second-order valence-electron chi connectivity index (χ2n) is 5.55. The molecule has 0 aromatic carbocycles. The number of hydrogen-bond acceptors (Lipinski definition) is 4. The number of aryl methyl sites for hydroxylation is 1. The van der Waals surface area contributed by atoms with Crippen molar-refractivity contribution in [3.8, 4) is 0 Å². The summed E-state index contributed by atoms with van der Waals surface area (Å²) in [6.07, 6.45) is 4.18. The summed E-state index contributed by atoms with van der Waals surface area (Å²) in [7, 11) is 1.78. The maximum absolute atomic E-state index is 12.4. The molecule has 5 nitrogen and oxygen atoms in total. The number of carbonyl (C=O) groups is 1. The van der Waals surface area contributed by atoms with Crippen molar-refractivity contribution in [2.75, 3.05) is 20.2 Å². The lowest BCUT2D eigenvalue weighted by Crippen LogP contribution is -2.31. The standard InChI is InChI=1S/C14H19N3O2/c1-9-15-4-3-13(16-9)14(18)17-7-10-5-12(19-2)6-11(10)8-17/h3-4,10-12H,5-8H2,1-2H3/t10-,11+,12?. The fourth-order valence-electron chi connectivity index (χ4n) is 3.34. The zero-order valence-corrected chi connectivity index (χ0v) is 11.4. The van der Waals surface area contributed by atoms with E-state index >= 15 is 0 Å². The van der Waals surface area contributed by atoms with Crippen molar-refractivity contribution in [2.45, 2.75) is 25.9 Å². The van der Waals surface area contributed by atoms with E-state index in [1.165, 1.54) is 0 Å². The molecule has 1 unspecified atom stereocenters. The van der Waals surface area contributed by atoms with Gasteiger partial charge in [-0.05, 0) is 37.7 Å². The van der Waals surface area contributed by atoms with Crippen molar-refractivity contribution in [3.05, 3.63) is 23.8 Å². The number of carbonyl (C=O) groups excluding carboxylic acids is 1. The van der Waals surface area contributed by atoms with Gasteiger partial charge >= 0.3 is 0 Å². The number of methoxy groups -OCH3 is 1. The van der Waals surface area contributed by atoms with Crippen LogP contribution < -0.4 is 0 Å². The van der Waals surface area contributed by atoms with Crippen LogP contribution in [0.4, 0.5) is 0 Å². The van der Waals surface area contributed by atoms with Crippen molar-refractivity contribution in [1.82, 2.24) is 14.9 Å². The highest BCUT2D eigenvalue weighted by molar-refractivity contribution is 5.92. The molecule has 1 aromatic rings. The number of ether oxygens (including phenoxy) is 1. The Balaban J connectivity index is 1.68. The van der Waals surface area contributed by atoms with E-state index in [4.69, 9.17) is 4.74 Å². The van der Waals surface area contributed by atoms with E-state index in [-0.39, 0.29) is 5.91 Å². The average molecular weight is 261 g/mol. The van der Waals surface area contributed by atoms with Crippen LogP contribution in [0, 0.1) is 18.8 Å². The molecule has 0 bridgehead atoms. The Hall–Kier alpha value is -1.49. The average Bonchev–Trinajstić information content (AvgIpc) is 2.95. The van der Waals surface area contributed by atoms with Crippen LogP contribution in [-0.4, -0.2) is 47.1 Å². The lowest BCUT2D eigenvalue weighted by molar-refractivity contribution is 0.0726. The third-order valence-electron chi connectivity index (χ3n) is 4.32. The van der Waals surface area contributed by atoms with Crippen molar-refractivity contribution in [3.63, 3.8) is 0 Å². The Labute approximate surface area is 113 Å². The molecule has 1 aliphatic carbocycles. The summed E-state index contributed by atoms with van der Waals surface area (Å²) >= 11 is 0. The summed E-state index contributed by atoms with van der Waals surface area (Å²) in [6, 6.07) is 1.70. The minimum absolute atomic E-state index is 0.0360. The summed E-state index contributed by atoms with van der Waals surface area (Å²) in [6.45, 7) is 3.48. The van der Waals surface area contributed by atoms with Crippen LogP contribution in [0.1, 0.15) is 29.2 Å². The molecule has 1 saturated carbocycles. The molecule has 0 spiro atoms. The smallest absolute Gasteiger partial charge is 0.272 e. The summed E-state index contributed by atoms with van der Waals surface area (Å²) in [4.78, 5) is 22.6. The van der Waals surface area contributed by atoms with Gasteiger partial charge in [0, 0.05) is 26.4 Å². The number of fused-ring (bicyclic) bond motifs is 1. The summed E-state index contributed by atoms with van der Waals surface area (Å²) in [5.74, 6) is 1.87. The van der Waals surface area contributed by atoms with Crippen LogP contribution in [0.2, 0.25) is 0 Å². The molecule has 5 heteroatoms. The first-order chi connectivity index (χ1) is 9.17. The molecule has 1 aliphatic heterocycles. The van der Waals surface area contributed by atoms with Gasteiger partial charge in [0.25, 0.3) is 5.91 Å². The third kappa shape index (κ3) is 2.34. The predicted molar refractivity (Wildman–Crippen MR) is 69.7 cm³/mol. The topological polar surface area (TPSA) is 55.3 Å². The van der Waals surface area contributed by atoms with Crippen LogP contribution in [0.5, 0.6) is 0 Å². The van der Waals surface area contributed by atoms with E-state index in [1.807, 2.05) is 4.90 Å². The van der Waals surface area contributed by atoms with E-state index in [1.54, 1.807) is 26.3 Å². The normalized spacial score (nSPS) is 29.6. The van der Waals surface area contributed by atoms with Crippen molar-refractivity contribution >= 4 is 5.91 Å². The highest BCUT2D eigenvalue weighted by Crippen LogP contribution is 2.39. The zero-order valence-electron chi connectivity index (χ0n) is 11.4. The van der Waals surface area contributed by atoms with Gasteiger partial charge < -0.3 is 9.64 Å². The number of aromatic nitrogens is 2. The van der Waals surface area contributed by atoms with Crippen LogP contribution >= 0.6 is 0 Å². The Morgan fingerprint density at radius 2 is 2.05 bits per heavy atom. The minimum atomic E-state index is 0.0360. The van der Waals surface area contributed by atoms with E-state index in [0.29, 0.717) is 29.5 Å². The van der Waals surface area contributed by atoms with E-state index < -0.39 is 0 Å². The highest BCUT2D eigenvalue weighted by atomic mass is 16.5. The number of nitrogens with zero attached hydrogens (tertiary/aromatic N) is 3. The number of hydrogen-bond donors (Lipinski definition) is 0. The predicted octanol–water partition coefficient (Wildman–Crippen LogP) is 1.28. The van der Waals surface area contributed by atoms with Crippen molar-refractivity contribution < 1.29 is 9.53 Å². The summed E-state index contributed by atoms with van der Waals surface area (Å²) in [5.41, 5.74) is 0.510. The van der Waals surface area contributed by atoms with Crippen molar-refractivity contribution in [1.29, 1.82) is 0 Å². The van der Waals surface area contributed by atoms with E-state index in [0.717, 1.165) is 25.9 Å². The van der Waals surface area contributed by atoms with Crippen LogP contribution in [0.25, 0.3) is 0 Å². The third-order valence-corrected chi connectivity index (χ3v) is 4.32. The first-order valence-corrected chi connectivity index (χ1v) is 6.79.